The molecule has 0 saturated carbocycles. The van der Waals surface area contributed by atoms with E-state index in [-0.39, 0.29) is 5.54 Å². The number of nitrogens with zero attached hydrogens (tertiary/aromatic N) is 1. The molecule has 0 atom stereocenters. The standard InChI is InChI=1S/C12H14INO2/c1-12(2,3)14-6-8-4-5-9-11(10(8)13)16-7-15-9/h4-6H,7H2,1-3H3. The van der Waals surface area contributed by atoms with Gasteiger partial charge >= 0.3 is 0 Å². The fourth-order valence-electron chi connectivity index (χ4n) is 1.32. The lowest BCUT2D eigenvalue weighted by Gasteiger charge is -2.11. The summed E-state index contributed by atoms with van der Waals surface area (Å²) in [6, 6.07) is 3.93. The van der Waals surface area contributed by atoms with E-state index in [2.05, 4.69) is 48.4 Å². The fourth-order valence-corrected chi connectivity index (χ4v) is 2.06. The van der Waals surface area contributed by atoms with Crippen molar-refractivity contribution in [2.45, 2.75) is 26.3 Å². The normalized spacial score (nSPS) is 14.8. The van der Waals surface area contributed by atoms with Crippen molar-refractivity contribution in [1.82, 2.24) is 0 Å². The van der Waals surface area contributed by atoms with Gasteiger partial charge in [0.2, 0.25) is 6.79 Å². The predicted octanol–water partition coefficient (Wildman–Crippen LogP) is 3.24. The number of ether oxygens (including phenoxy) is 2. The van der Waals surface area contributed by atoms with Gasteiger partial charge < -0.3 is 9.47 Å². The molecule has 2 rings (SSSR count). The Morgan fingerprint density at radius 2 is 2.06 bits per heavy atom. The molecule has 0 amide bonds. The lowest BCUT2D eigenvalue weighted by molar-refractivity contribution is 0.173. The minimum Gasteiger partial charge on any atom is -0.454 e. The Bertz CT molecular complexity index is 435. The molecule has 0 fully saturated rings. The molecule has 0 aromatic heterocycles. The lowest BCUT2D eigenvalue weighted by Crippen LogP contribution is -2.09. The largest absolute Gasteiger partial charge is 0.454 e. The van der Waals surface area contributed by atoms with Gasteiger partial charge in [0.1, 0.15) is 0 Å². The molecule has 0 bridgehead atoms. The van der Waals surface area contributed by atoms with Crippen LogP contribution in [0.1, 0.15) is 26.3 Å². The molecule has 0 saturated heterocycles. The fraction of sp³-hybridized carbons (Fsp3) is 0.417. The van der Waals surface area contributed by atoms with Crippen molar-refractivity contribution in [1.29, 1.82) is 0 Å². The zero-order valence-corrected chi connectivity index (χ0v) is 11.7. The van der Waals surface area contributed by atoms with Crippen molar-refractivity contribution in [3.05, 3.63) is 21.3 Å². The van der Waals surface area contributed by atoms with E-state index >= 15 is 0 Å². The molecule has 0 spiro atoms. The average Bonchev–Trinajstić information content (AvgIpc) is 2.64. The Morgan fingerprint density at radius 1 is 1.31 bits per heavy atom. The minimum absolute atomic E-state index is 0.0561. The van der Waals surface area contributed by atoms with Gasteiger partial charge in [-0.1, -0.05) is 0 Å². The summed E-state index contributed by atoms with van der Waals surface area (Å²) in [4.78, 5) is 4.49. The zero-order valence-electron chi connectivity index (χ0n) is 9.58. The number of fused-ring (bicyclic) bond motifs is 1. The summed E-state index contributed by atoms with van der Waals surface area (Å²) in [6.45, 7) is 6.53. The van der Waals surface area contributed by atoms with Crippen molar-refractivity contribution in [3.63, 3.8) is 0 Å². The molecule has 1 aliphatic rings. The van der Waals surface area contributed by atoms with Crippen LogP contribution in [0.3, 0.4) is 0 Å². The zero-order chi connectivity index (χ0) is 11.8. The molecule has 0 N–H and O–H groups in total. The maximum absolute atomic E-state index is 5.41. The molecular weight excluding hydrogens is 317 g/mol. The van der Waals surface area contributed by atoms with Crippen molar-refractivity contribution < 1.29 is 9.47 Å². The van der Waals surface area contributed by atoms with Gasteiger partial charge in [0, 0.05) is 11.8 Å². The summed E-state index contributed by atoms with van der Waals surface area (Å²) in [7, 11) is 0. The maximum atomic E-state index is 5.41. The van der Waals surface area contributed by atoms with Gasteiger partial charge in [0.15, 0.2) is 11.5 Å². The number of aliphatic imine (C=N–C) groups is 1. The van der Waals surface area contributed by atoms with Gasteiger partial charge in [-0.05, 0) is 55.5 Å². The Balaban J connectivity index is 2.33. The molecule has 1 aromatic rings. The Hall–Kier alpha value is -0.780. The smallest absolute Gasteiger partial charge is 0.231 e. The van der Waals surface area contributed by atoms with E-state index in [0.717, 1.165) is 20.6 Å². The molecule has 0 unspecified atom stereocenters. The second-order valence-corrected chi connectivity index (χ2v) is 5.71. The van der Waals surface area contributed by atoms with Crippen LogP contribution in [0.2, 0.25) is 0 Å². The highest BCUT2D eigenvalue weighted by Crippen LogP contribution is 2.37. The first-order valence-electron chi connectivity index (χ1n) is 5.11. The van der Waals surface area contributed by atoms with Gasteiger partial charge in [-0.2, -0.15) is 0 Å². The van der Waals surface area contributed by atoms with E-state index in [1.54, 1.807) is 0 Å². The highest BCUT2D eigenvalue weighted by atomic mass is 127. The van der Waals surface area contributed by atoms with Gasteiger partial charge in [-0.15, -0.1) is 0 Å². The van der Waals surface area contributed by atoms with Crippen LogP contribution >= 0.6 is 22.6 Å². The summed E-state index contributed by atoms with van der Waals surface area (Å²) in [5, 5.41) is 0. The molecule has 0 aliphatic carbocycles. The van der Waals surface area contributed by atoms with Crippen LogP contribution < -0.4 is 9.47 Å². The van der Waals surface area contributed by atoms with Gasteiger partial charge in [-0.25, -0.2) is 0 Å². The second-order valence-electron chi connectivity index (χ2n) is 4.63. The maximum Gasteiger partial charge on any atom is 0.231 e. The van der Waals surface area contributed by atoms with Crippen LogP contribution in [0.25, 0.3) is 0 Å². The van der Waals surface area contributed by atoms with E-state index in [4.69, 9.17) is 9.47 Å². The lowest BCUT2D eigenvalue weighted by atomic mass is 10.1. The van der Waals surface area contributed by atoms with Crippen LogP contribution in [0.15, 0.2) is 17.1 Å². The summed E-state index contributed by atoms with van der Waals surface area (Å²) >= 11 is 2.26. The van der Waals surface area contributed by atoms with Crippen molar-refractivity contribution in [2.24, 2.45) is 4.99 Å². The predicted molar refractivity (Wildman–Crippen MR) is 72.6 cm³/mol. The van der Waals surface area contributed by atoms with E-state index in [1.807, 2.05) is 18.3 Å². The molecule has 4 heteroatoms. The first-order chi connectivity index (χ1) is 7.47. The highest BCUT2D eigenvalue weighted by Gasteiger charge is 2.18. The molecule has 0 radical (unpaired) electrons. The Kier molecular flexibility index (Phi) is 3.10. The Labute approximate surface area is 109 Å². The van der Waals surface area contributed by atoms with Crippen LogP contribution in [-0.4, -0.2) is 18.5 Å². The van der Waals surface area contributed by atoms with Crippen LogP contribution in [0, 0.1) is 3.57 Å². The quantitative estimate of drug-likeness (QED) is 0.584. The Morgan fingerprint density at radius 3 is 2.75 bits per heavy atom. The van der Waals surface area contributed by atoms with Crippen molar-refractivity contribution in [3.8, 4) is 11.5 Å². The third kappa shape index (κ3) is 2.48. The highest BCUT2D eigenvalue weighted by molar-refractivity contribution is 14.1. The first-order valence-corrected chi connectivity index (χ1v) is 6.18. The third-order valence-corrected chi connectivity index (χ3v) is 3.21. The topological polar surface area (TPSA) is 30.8 Å². The average molecular weight is 331 g/mol. The number of benzene rings is 1. The molecule has 1 aliphatic heterocycles. The number of halogens is 1. The summed E-state index contributed by atoms with van der Waals surface area (Å²) < 4.78 is 11.8. The number of hydrogen-bond donors (Lipinski definition) is 0. The van der Waals surface area contributed by atoms with Gasteiger partial charge in [0.05, 0.1) is 9.11 Å². The van der Waals surface area contributed by atoms with E-state index in [0.29, 0.717) is 6.79 Å². The van der Waals surface area contributed by atoms with Crippen LogP contribution in [0.4, 0.5) is 0 Å². The molecule has 1 aromatic carbocycles. The monoisotopic (exact) mass is 331 g/mol. The summed E-state index contributed by atoms with van der Waals surface area (Å²) in [6.07, 6.45) is 1.89. The second kappa shape index (κ2) is 4.24. The number of rotatable bonds is 1. The third-order valence-electron chi connectivity index (χ3n) is 2.10. The number of hydrogen-bond acceptors (Lipinski definition) is 3. The van der Waals surface area contributed by atoms with Crippen LogP contribution in [0.5, 0.6) is 11.5 Å². The van der Waals surface area contributed by atoms with E-state index in [9.17, 15) is 0 Å². The molecule has 16 heavy (non-hydrogen) atoms. The molecule has 3 nitrogen and oxygen atoms in total. The van der Waals surface area contributed by atoms with E-state index < -0.39 is 0 Å². The first kappa shape index (κ1) is 11.7. The van der Waals surface area contributed by atoms with Crippen molar-refractivity contribution in [2.75, 3.05) is 6.79 Å². The van der Waals surface area contributed by atoms with E-state index in [1.165, 1.54) is 0 Å². The van der Waals surface area contributed by atoms with Gasteiger partial charge in [-0.3, -0.25) is 4.99 Å². The van der Waals surface area contributed by atoms with Crippen molar-refractivity contribution >= 4 is 28.8 Å². The van der Waals surface area contributed by atoms with Gasteiger partial charge in [0.25, 0.3) is 0 Å². The van der Waals surface area contributed by atoms with Crippen LogP contribution in [-0.2, 0) is 0 Å². The summed E-state index contributed by atoms with van der Waals surface area (Å²) in [5.41, 5.74) is 1.01. The SMILES string of the molecule is CC(C)(C)N=Cc1ccc2c(c1I)OCO2. The molecule has 86 valence electrons. The molecular formula is C12H14INO2. The summed E-state index contributed by atoms with van der Waals surface area (Å²) in [5.74, 6) is 1.65. The molecule has 1 heterocycles. The minimum atomic E-state index is -0.0561.